The van der Waals surface area contributed by atoms with E-state index < -0.39 is 0 Å². The van der Waals surface area contributed by atoms with E-state index in [0.29, 0.717) is 4.88 Å². The highest BCUT2D eigenvalue weighted by atomic mass is 32.1. The summed E-state index contributed by atoms with van der Waals surface area (Å²) in [5, 5.41) is 8.85. The number of hydrogen-bond donors (Lipinski definition) is 1. The SMILES string of the molecule is Cc1nn(-c2ccccc2)c2sc(C(=O)N(CC(=O)NC3CCCC3)C3CCCC3)cc12. The summed E-state index contributed by atoms with van der Waals surface area (Å²) in [5.41, 5.74) is 1.89. The fraction of sp³-hybridized carbons (Fsp3) is 0.480. The van der Waals surface area contributed by atoms with Crippen molar-refractivity contribution in [1.29, 1.82) is 0 Å². The number of rotatable bonds is 6. The molecule has 0 unspecified atom stereocenters. The summed E-state index contributed by atoms with van der Waals surface area (Å²) < 4.78 is 1.92. The maximum atomic E-state index is 13.7. The maximum absolute atomic E-state index is 13.7. The predicted octanol–water partition coefficient (Wildman–Crippen LogP) is 4.84. The number of nitrogens with zero attached hydrogens (tertiary/aromatic N) is 3. The lowest BCUT2D eigenvalue weighted by molar-refractivity contribution is -0.122. The second-order valence-corrected chi connectivity index (χ2v) is 10.1. The number of fused-ring (bicyclic) bond motifs is 1. The van der Waals surface area contributed by atoms with Crippen molar-refractivity contribution in [2.45, 2.75) is 70.4 Å². The molecule has 0 radical (unpaired) electrons. The Labute approximate surface area is 192 Å². The van der Waals surface area contributed by atoms with Gasteiger partial charge in [0.25, 0.3) is 5.91 Å². The Morgan fingerprint density at radius 3 is 2.50 bits per heavy atom. The van der Waals surface area contributed by atoms with Gasteiger partial charge in [0.2, 0.25) is 5.91 Å². The number of aryl methyl sites for hydroxylation is 1. The van der Waals surface area contributed by atoms with Gasteiger partial charge >= 0.3 is 0 Å². The first-order valence-electron chi connectivity index (χ1n) is 11.7. The molecule has 7 heteroatoms. The van der Waals surface area contributed by atoms with Crippen LogP contribution in [0, 0.1) is 6.92 Å². The van der Waals surface area contributed by atoms with Crippen LogP contribution in [0.25, 0.3) is 15.9 Å². The third kappa shape index (κ3) is 4.18. The van der Waals surface area contributed by atoms with Gasteiger partial charge in [0.1, 0.15) is 11.4 Å². The summed E-state index contributed by atoms with van der Waals surface area (Å²) in [5.74, 6) is -0.0522. The van der Waals surface area contributed by atoms with Crippen molar-refractivity contribution >= 4 is 33.4 Å². The first kappa shape index (κ1) is 21.2. The Bertz CT molecular complexity index is 1110. The van der Waals surface area contributed by atoms with E-state index in [-0.39, 0.29) is 30.4 Å². The number of carbonyl (C=O) groups is 2. The van der Waals surface area contributed by atoms with E-state index in [9.17, 15) is 9.59 Å². The van der Waals surface area contributed by atoms with Crippen LogP contribution in [-0.4, -0.2) is 45.1 Å². The van der Waals surface area contributed by atoms with Gasteiger partial charge in [-0.2, -0.15) is 5.10 Å². The number of carbonyl (C=O) groups excluding carboxylic acids is 2. The van der Waals surface area contributed by atoms with Crippen molar-refractivity contribution in [2.24, 2.45) is 0 Å². The van der Waals surface area contributed by atoms with Crippen LogP contribution in [0.2, 0.25) is 0 Å². The van der Waals surface area contributed by atoms with E-state index in [0.717, 1.165) is 60.1 Å². The molecular weight excluding hydrogens is 420 g/mol. The van der Waals surface area contributed by atoms with Gasteiger partial charge in [-0.3, -0.25) is 9.59 Å². The molecule has 5 rings (SSSR count). The first-order valence-corrected chi connectivity index (χ1v) is 12.6. The molecule has 0 atom stereocenters. The van der Waals surface area contributed by atoms with Gasteiger partial charge in [0.15, 0.2) is 0 Å². The third-order valence-corrected chi connectivity index (χ3v) is 7.92. The standard InChI is InChI=1S/C25H30N4O2S/c1-17-21-15-22(32-25(21)29(27-17)20-13-3-2-4-14-20)24(31)28(19-11-7-8-12-19)16-23(30)26-18-9-5-6-10-18/h2-4,13-15,18-19H,5-12,16H2,1H3,(H,26,30). The van der Waals surface area contributed by atoms with Crippen molar-refractivity contribution in [3.8, 4) is 5.69 Å². The zero-order chi connectivity index (χ0) is 22.1. The fourth-order valence-corrected chi connectivity index (χ4v) is 6.26. The number of para-hydroxylation sites is 1. The van der Waals surface area contributed by atoms with Gasteiger partial charge < -0.3 is 10.2 Å². The average molecular weight is 451 g/mol. The molecule has 168 valence electrons. The lowest BCUT2D eigenvalue weighted by Gasteiger charge is -2.28. The summed E-state index contributed by atoms with van der Waals surface area (Å²) in [6, 6.07) is 12.4. The lowest BCUT2D eigenvalue weighted by atomic mass is 10.2. The fourth-order valence-electron chi connectivity index (χ4n) is 5.12. The summed E-state index contributed by atoms with van der Waals surface area (Å²) >= 11 is 1.47. The molecule has 32 heavy (non-hydrogen) atoms. The molecule has 0 spiro atoms. The van der Waals surface area contributed by atoms with Crippen molar-refractivity contribution in [2.75, 3.05) is 6.54 Å². The quantitative estimate of drug-likeness (QED) is 0.584. The van der Waals surface area contributed by atoms with E-state index >= 15 is 0 Å². The molecule has 2 aliphatic carbocycles. The Morgan fingerprint density at radius 1 is 1.09 bits per heavy atom. The van der Waals surface area contributed by atoms with Gasteiger partial charge in [-0.1, -0.05) is 43.9 Å². The summed E-state index contributed by atoms with van der Waals surface area (Å²) in [4.78, 5) is 29.9. The van der Waals surface area contributed by atoms with Gasteiger partial charge in [-0.05, 0) is 50.8 Å². The molecule has 1 N–H and O–H groups in total. The normalized spacial score (nSPS) is 17.3. The van der Waals surface area contributed by atoms with E-state index in [1.807, 2.05) is 52.9 Å². The van der Waals surface area contributed by atoms with Gasteiger partial charge in [0.05, 0.1) is 16.3 Å². The number of thiophene rings is 1. The van der Waals surface area contributed by atoms with E-state index in [1.54, 1.807) is 0 Å². The van der Waals surface area contributed by atoms with Crippen LogP contribution in [-0.2, 0) is 4.79 Å². The monoisotopic (exact) mass is 450 g/mol. The molecular formula is C25H30N4O2S. The van der Waals surface area contributed by atoms with Gasteiger partial charge in [0, 0.05) is 17.5 Å². The number of nitrogens with one attached hydrogen (secondary N) is 1. The summed E-state index contributed by atoms with van der Waals surface area (Å²) in [6.45, 7) is 2.13. The molecule has 2 amide bonds. The molecule has 0 saturated heterocycles. The zero-order valence-corrected chi connectivity index (χ0v) is 19.4. The minimum Gasteiger partial charge on any atom is -0.352 e. The molecule has 0 aliphatic heterocycles. The first-order chi connectivity index (χ1) is 15.6. The molecule has 2 heterocycles. The second kappa shape index (κ2) is 9.06. The molecule has 2 saturated carbocycles. The smallest absolute Gasteiger partial charge is 0.264 e. The van der Waals surface area contributed by atoms with Gasteiger partial charge in [-0.25, -0.2) is 4.68 Å². The number of amides is 2. The third-order valence-electron chi connectivity index (χ3n) is 6.82. The van der Waals surface area contributed by atoms with Crippen molar-refractivity contribution in [3.63, 3.8) is 0 Å². The zero-order valence-electron chi connectivity index (χ0n) is 18.5. The minimum atomic E-state index is -0.0290. The number of aromatic nitrogens is 2. The predicted molar refractivity (Wildman–Crippen MR) is 127 cm³/mol. The van der Waals surface area contributed by atoms with Crippen LogP contribution in [0.1, 0.15) is 66.7 Å². The van der Waals surface area contributed by atoms with Crippen LogP contribution in [0.4, 0.5) is 0 Å². The molecule has 2 aromatic heterocycles. The Hall–Kier alpha value is -2.67. The highest BCUT2D eigenvalue weighted by Crippen LogP contribution is 2.33. The van der Waals surface area contributed by atoms with E-state index in [4.69, 9.17) is 0 Å². The van der Waals surface area contributed by atoms with Crippen LogP contribution < -0.4 is 5.32 Å². The Kier molecular flexibility index (Phi) is 6.00. The lowest BCUT2D eigenvalue weighted by Crippen LogP contribution is -2.47. The molecule has 2 fully saturated rings. The van der Waals surface area contributed by atoms with E-state index in [1.165, 1.54) is 24.2 Å². The maximum Gasteiger partial charge on any atom is 0.264 e. The topological polar surface area (TPSA) is 67.2 Å². The number of hydrogen-bond acceptors (Lipinski definition) is 4. The molecule has 3 aromatic rings. The molecule has 0 bridgehead atoms. The van der Waals surface area contributed by atoms with E-state index in [2.05, 4.69) is 10.4 Å². The number of benzene rings is 1. The second-order valence-electron chi connectivity index (χ2n) is 9.08. The van der Waals surface area contributed by atoms with Crippen molar-refractivity contribution in [1.82, 2.24) is 20.0 Å². The summed E-state index contributed by atoms with van der Waals surface area (Å²) in [6.07, 6.45) is 8.64. The van der Waals surface area contributed by atoms with Crippen LogP contribution in [0.5, 0.6) is 0 Å². The summed E-state index contributed by atoms with van der Waals surface area (Å²) in [7, 11) is 0. The molecule has 2 aliphatic rings. The Morgan fingerprint density at radius 2 is 1.78 bits per heavy atom. The highest BCUT2D eigenvalue weighted by molar-refractivity contribution is 7.20. The van der Waals surface area contributed by atoms with Gasteiger partial charge in [-0.15, -0.1) is 11.3 Å². The van der Waals surface area contributed by atoms with Crippen molar-refractivity contribution < 1.29 is 9.59 Å². The molecule has 6 nitrogen and oxygen atoms in total. The van der Waals surface area contributed by atoms with Crippen LogP contribution >= 0.6 is 11.3 Å². The van der Waals surface area contributed by atoms with Crippen molar-refractivity contribution in [3.05, 3.63) is 47.0 Å². The highest BCUT2D eigenvalue weighted by Gasteiger charge is 2.31. The average Bonchev–Trinajstić information content (AvgIpc) is 3.59. The van der Waals surface area contributed by atoms with Crippen LogP contribution in [0.15, 0.2) is 36.4 Å². The van der Waals surface area contributed by atoms with Crippen LogP contribution in [0.3, 0.4) is 0 Å². The largest absolute Gasteiger partial charge is 0.352 e. The minimum absolute atomic E-state index is 0.0232. The molecule has 1 aromatic carbocycles. The Balaban J connectivity index is 1.42.